The molecule has 1 unspecified atom stereocenters. The molecule has 1 aromatic heterocycles. The SMILES string of the molecule is CCCCOC(=O)c1ccc(NC(=O)C2CCCc3sc(NC(=O)c4ccc(Cl)cc4)nc32)cc1. The number of thiazole rings is 1. The summed E-state index contributed by atoms with van der Waals surface area (Å²) in [5, 5.41) is 6.78. The number of unbranched alkanes of at least 4 members (excludes halogenated alkanes) is 1. The lowest BCUT2D eigenvalue weighted by Crippen LogP contribution is -2.24. The Balaban J connectivity index is 1.40. The van der Waals surface area contributed by atoms with Crippen LogP contribution in [0.25, 0.3) is 0 Å². The minimum absolute atomic E-state index is 0.162. The zero-order valence-corrected chi connectivity index (χ0v) is 20.9. The molecule has 2 aromatic carbocycles. The van der Waals surface area contributed by atoms with E-state index in [1.54, 1.807) is 48.5 Å². The van der Waals surface area contributed by atoms with Crippen molar-refractivity contribution in [3.05, 3.63) is 75.3 Å². The normalized spacial score (nSPS) is 14.6. The van der Waals surface area contributed by atoms with E-state index in [4.69, 9.17) is 16.3 Å². The molecule has 0 fully saturated rings. The quantitative estimate of drug-likeness (QED) is 0.283. The van der Waals surface area contributed by atoms with Crippen molar-refractivity contribution in [1.29, 1.82) is 0 Å². The molecular formula is C26H26ClN3O4S. The number of benzene rings is 2. The number of hydrogen-bond donors (Lipinski definition) is 2. The Labute approximate surface area is 212 Å². The van der Waals surface area contributed by atoms with Crippen LogP contribution >= 0.6 is 22.9 Å². The van der Waals surface area contributed by atoms with Gasteiger partial charge in [-0.25, -0.2) is 9.78 Å². The fraction of sp³-hybridized carbons (Fsp3) is 0.308. The molecule has 0 bridgehead atoms. The number of rotatable bonds is 8. The number of fused-ring (bicyclic) bond motifs is 1. The van der Waals surface area contributed by atoms with Gasteiger partial charge in [-0.3, -0.25) is 14.9 Å². The van der Waals surface area contributed by atoms with E-state index in [-0.39, 0.29) is 17.8 Å². The van der Waals surface area contributed by atoms with Gasteiger partial charge >= 0.3 is 5.97 Å². The van der Waals surface area contributed by atoms with E-state index < -0.39 is 5.92 Å². The highest BCUT2D eigenvalue weighted by atomic mass is 35.5. The first-order valence-corrected chi connectivity index (χ1v) is 12.8. The molecule has 1 atom stereocenters. The molecule has 1 aliphatic carbocycles. The molecule has 7 nitrogen and oxygen atoms in total. The molecule has 35 heavy (non-hydrogen) atoms. The van der Waals surface area contributed by atoms with Crippen LogP contribution in [-0.4, -0.2) is 29.4 Å². The molecule has 3 aromatic rings. The summed E-state index contributed by atoms with van der Waals surface area (Å²) in [6.07, 6.45) is 4.14. The first-order chi connectivity index (χ1) is 16.9. The van der Waals surface area contributed by atoms with Gasteiger partial charge in [0.15, 0.2) is 5.13 Å². The summed E-state index contributed by atoms with van der Waals surface area (Å²) < 4.78 is 5.22. The Hall–Kier alpha value is -3.23. The van der Waals surface area contributed by atoms with Crippen LogP contribution in [0.3, 0.4) is 0 Å². The first kappa shape index (κ1) is 24.9. The standard InChI is InChI=1S/C26H26ClN3O4S/c1-2-3-15-34-25(33)17-9-13-19(14-10-17)28-24(32)20-5-4-6-21-22(20)29-26(35-21)30-23(31)16-7-11-18(27)12-8-16/h7-14,20H,2-6,15H2,1H3,(H,28,32)(H,29,30,31). The fourth-order valence-electron chi connectivity index (χ4n) is 3.81. The van der Waals surface area contributed by atoms with Crippen molar-refractivity contribution in [2.45, 2.75) is 44.9 Å². The van der Waals surface area contributed by atoms with Crippen LogP contribution in [0.1, 0.15) is 69.8 Å². The lowest BCUT2D eigenvalue weighted by atomic mass is 9.90. The number of hydrogen-bond acceptors (Lipinski definition) is 6. The molecule has 0 saturated heterocycles. The number of anilines is 2. The fourth-order valence-corrected chi connectivity index (χ4v) is 5.00. The lowest BCUT2D eigenvalue weighted by molar-refractivity contribution is -0.117. The van der Waals surface area contributed by atoms with E-state index in [0.717, 1.165) is 30.6 Å². The number of ether oxygens (including phenoxy) is 1. The first-order valence-electron chi connectivity index (χ1n) is 11.6. The molecule has 4 rings (SSSR count). The number of aryl methyl sites for hydroxylation is 1. The Morgan fingerprint density at radius 3 is 2.49 bits per heavy atom. The minimum atomic E-state index is -0.408. The molecule has 182 valence electrons. The van der Waals surface area contributed by atoms with Crippen LogP contribution in [0.2, 0.25) is 5.02 Å². The summed E-state index contributed by atoms with van der Waals surface area (Å²) in [6, 6.07) is 13.3. The average Bonchev–Trinajstić information content (AvgIpc) is 3.27. The van der Waals surface area contributed by atoms with Crippen molar-refractivity contribution in [2.24, 2.45) is 0 Å². The maximum atomic E-state index is 13.1. The third-order valence-electron chi connectivity index (χ3n) is 5.72. The number of amides is 2. The van der Waals surface area contributed by atoms with Crippen LogP contribution in [0.4, 0.5) is 10.8 Å². The van der Waals surface area contributed by atoms with Crippen LogP contribution in [0.15, 0.2) is 48.5 Å². The number of halogens is 1. The van der Waals surface area contributed by atoms with Crippen LogP contribution in [-0.2, 0) is 16.0 Å². The van der Waals surface area contributed by atoms with E-state index in [1.807, 2.05) is 6.92 Å². The second-order valence-corrected chi connectivity index (χ2v) is 9.81. The smallest absolute Gasteiger partial charge is 0.338 e. The van der Waals surface area contributed by atoms with E-state index in [2.05, 4.69) is 15.6 Å². The summed E-state index contributed by atoms with van der Waals surface area (Å²) in [7, 11) is 0. The summed E-state index contributed by atoms with van der Waals surface area (Å²) in [5.74, 6) is -1.22. The maximum Gasteiger partial charge on any atom is 0.338 e. The van der Waals surface area contributed by atoms with Gasteiger partial charge in [0, 0.05) is 21.2 Å². The third-order valence-corrected chi connectivity index (χ3v) is 7.02. The number of carbonyl (C=O) groups is 3. The zero-order chi connectivity index (χ0) is 24.8. The van der Waals surface area contributed by atoms with Crippen molar-refractivity contribution in [2.75, 3.05) is 17.2 Å². The van der Waals surface area contributed by atoms with Gasteiger partial charge < -0.3 is 10.1 Å². The van der Waals surface area contributed by atoms with Crippen molar-refractivity contribution in [1.82, 2.24) is 4.98 Å². The minimum Gasteiger partial charge on any atom is -0.462 e. The van der Waals surface area contributed by atoms with Crippen LogP contribution in [0, 0.1) is 0 Å². The van der Waals surface area contributed by atoms with Crippen LogP contribution in [0.5, 0.6) is 0 Å². The van der Waals surface area contributed by atoms with Crippen LogP contribution < -0.4 is 10.6 Å². The monoisotopic (exact) mass is 511 g/mol. The number of aromatic nitrogens is 1. The van der Waals surface area contributed by atoms with Crippen molar-refractivity contribution >= 4 is 51.5 Å². The van der Waals surface area contributed by atoms with Gasteiger partial charge in [-0.2, -0.15) is 0 Å². The second kappa shape index (κ2) is 11.5. The van der Waals surface area contributed by atoms with Gasteiger partial charge in [0.2, 0.25) is 5.91 Å². The van der Waals surface area contributed by atoms with Gasteiger partial charge in [-0.1, -0.05) is 24.9 Å². The molecule has 0 saturated carbocycles. The summed E-state index contributed by atoms with van der Waals surface area (Å²) in [5.41, 5.74) is 2.23. The molecule has 1 heterocycles. The van der Waals surface area contributed by atoms with Crippen molar-refractivity contribution < 1.29 is 19.1 Å². The third kappa shape index (κ3) is 6.26. The van der Waals surface area contributed by atoms with E-state index in [9.17, 15) is 14.4 Å². The van der Waals surface area contributed by atoms with Crippen molar-refractivity contribution in [3.8, 4) is 0 Å². The average molecular weight is 512 g/mol. The van der Waals surface area contributed by atoms with E-state index in [1.165, 1.54) is 11.3 Å². The summed E-state index contributed by atoms with van der Waals surface area (Å²) in [4.78, 5) is 43.3. The Bertz CT molecular complexity index is 1210. The second-order valence-electron chi connectivity index (χ2n) is 8.29. The van der Waals surface area contributed by atoms with Crippen molar-refractivity contribution in [3.63, 3.8) is 0 Å². The summed E-state index contributed by atoms with van der Waals surface area (Å²) in [6.45, 7) is 2.43. The number of nitrogens with one attached hydrogen (secondary N) is 2. The molecule has 0 spiro atoms. The van der Waals surface area contributed by atoms with E-state index in [0.29, 0.717) is 45.7 Å². The van der Waals surface area contributed by atoms with Gasteiger partial charge in [0.05, 0.1) is 23.8 Å². The Morgan fingerprint density at radius 1 is 1.06 bits per heavy atom. The number of carbonyl (C=O) groups excluding carboxylic acids is 3. The van der Waals surface area contributed by atoms with Gasteiger partial charge in [-0.15, -0.1) is 11.3 Å². The topological polar surface area (TPSA) is 97.4 Å². The molecule has 2 amide bonds. The molecule has 0 aliphatic heterocycles. The molecule has 2 N–H and O–H groups in total. The van der Waals surface area contributed by atoms with Gasteiger partial charge in [0.1, 0.15) is 0 Å². The Kier molecular flexibility index (Phi) is 8.15. The predicted octanol–water partition coefficient (Wildman–Crippen LogP) is 6.06. The number of nitrogens with zero attached hydrogens (tertiary/aromatic N) is 1. The predicted molar refractivity (Wildman–Crippen MR) is 137 cm³/mol. The van der Waals surface area contributed by atoms with E-state index >= 15 is 0 Å². The summed E-state index contributed by atoms with van der Waals surface area (Å²) >= 11 is 7.29. The highest BCUT2D eigenvalue weighted by molar-refractivity contribution is 7.16. The zero-order valence-electron chi connectivity index (χ0n) is 19.3. The highest BCUT2D eigenvalue weighted by Crippen LogP contribution is 2.37. The molecular weight excluding hydrogens is 486 g/mol. The Morgan fingerprint density at radius 2 is 1.77 bits per heavy atom. The molecule has 9 heteroatoms. The molecule has 0 radical (unpaired) electrons. The number of esters is 1. The van der Waals surface area contributed by atoms with Gasteiger partial charge in [-0.05, 0) is 74.2 Å². The highest BCUT2D eigenvalue weighted by Gasteiger charge is 2.30. The van der Waals surface area contributed by atoms with Gasteiger partial charge in [0.25, 0.3) is 5.91 Å². The largest absolute Gasteiger partial charge is 0.462 e. The lowest BCUT2D eigenvalue weighted by Gasteiger charge is -2.20. The maximum absolute atomic E-state index is 13.1. The molecule has 1 aliphatic rings.